The van der Waals surface area contributed by atoms with Gasteiger partial charge in [0.1, 0.15) is 6.33 Å². The zero-order valence-corrected chi connectivity index (χ0v) is 15.2. The summed E-state index contributed by atoms with van der Waals surface area (Å²) in [6, 6.07) is 10.1. The lowest BCUT2D eigenvalue weighted by atomic mass is 9.58. The molecule has 1 amide bonds. The molecule has 3 fully saturated rings. The van der Waals surface area contributed by atoms with Crippen molar-refractivity contribution in [2.45, 2.75) is 31.2 Å². The fourth-order valence-corrected chi connectivity index (χ4v) is 5.16. The maximum Gasteiger partial charge on any atom is 0.224 e. The van der Waals surface area contributed by atoms with Crippen LogP contribution in [0.4, 0.5) is 0 Å². The van der Waals surface area contributed by atoms with Gasteiger partial charge in [-0.1, -0.05) is 18.2 Å². The minimum Gasteiger partial charge on any atom is -0.352 e. The smallest absolute Gasteiger partial charge is 0.224 e. The van der Waals surface area contributed by atoms with Crippen molar-refractivity contribution < 1.29 is 4.79 Å². The number of aryl methyl sites for hydroxylation is 1. The molecule has 27 heavy (non-hydrogen) atoms. The van der Waals surface area contributed by atoms with Gasteiger partial charge in [0.25, 0.3) is 0 Å². The highest BCUT2D eigenvalue weighted by molar-refractivity contribution is 5.83. The van der Waals surface area contributed by atoms with Gasteiger partial charge in [0, 0.05) is 36.5 Å². The number of hydrogen-bond donors (Lipinski definition) is 2. The van der Waals surface area contributed by atoms with E-state index in [0.29, 0.717) is 12.5 Å². The van der Waals surface area contributed by atoms with Gasteiger partial charge >= 0.3 is 0 Å². The van der Waals surface area contributed by atoms with E-state index in [0.717, 1.165) is 36.2 Å². The third-order valence-electron chi connectivity index (χ3n) is 6.35. The molecule has 138 valence electrons. The zero-order chi connectivity index (χ0) is 18.4. The molecule has 7 nitrogen and oxygen atoms in total. The Hall–Kier alpha value is -2.96. The van der Waals surface area contributed by atoms with E-state index in [1.807, 2.05) is 42.2 Å². The van der Waals surface area contributed by atoms with Crippen LogP contribution in [0.2, 0.25) is 0 Å². The fraction of sp³-hybridized carbons (Fsp3) is 0.400. The minimum absolute atomic E-state index is 0.0261. The van der Waals surface area contributed by atoms with Crippen molar-refractivity contribution in [3.05, 3.63) is 54.1 Å². The summed E-state index contributed by atoms with van der Waals surface area (Å²) in [4.78, 5) is 17.2. The molecule has 3 aliphatic carbocycles. The average molecular weight is 362 g/mol. The number of aromatic amines is 1. The Balaban J connectivity index is 1.31. The van der Waals surface area contributed by atoms with E-state index in [9.17, 15) is 4.79 Å². The Labute approximate surface area is 157 Å². The number of fused-ring (bicyclic) bond motifs is 1. The summed E-state index contributed by atoms with van der Waals surface area (Å²) in [7, 11) is 1.97. The Morgan fingerprint density at radius 3 is 3.07 bits per heavy atom. The number of carbonyl (C=O) groups is 1. The molecule has 3 saturated carbocycles. The van der Waals surface area contributed by atoms with E-state index >= 15 is 0 Å². The first kappa shape index (κ1) is 16.2. The molecule has 6 rings (SSSR count). The van der Waals surface area contributed by atoms with Gasteiger partial charge in [-0.25, -0.2) is 4.98 Å². The first-order valence-corrected chi connectivity index (χ1v) is 9.38. The zero-order valence-electron chi connectivity index (χ0n) is 15.2. The molecule has 0 spiro atoms. The van der Waals surface area contributed by atoms with Gasteiger partial charge in [-0.05, 0) is 42.9 Å². The number of nitrogens with one attached hydrogen (secondary N) is 2. The van der Waals surface area contributed by atoms with Crippen molar-refractivity contribution in [1.82, 2.24) is 30.3 Å². The number of nitrogens with zero attached hydrogens (tertiary/aromatic N) is 4. The molecule has 3 aliphatic rings. The van der Waals surface area contributed by atoms with Crippen LogP contribution < -0.4 is 5.32 Å². The summed E-state index contributed by atoms with van der Waals surface area (Å²) in [6.45, 7) is 0.519. The third kappa shape index (κ3) is 2.49. The van der Waals surface area contributed by atoms with Crippen LogP contribution in [0.3, 0.4) is 0 Å². The van der Waals surface area contributed by atoms with E-state index in [-0.39, 0.29) is 17.2 Å². The van der Waals surface area contributed by atoms with Crippen LogP contribution in [-0.2, 0) is 23.8 Å². The van der Waals surface area contributed by atoms with Gasteiger partial charge in [0.05, 0.1) is 5.92 Å². The SMILES string of the molecule is Cn1nccc1C12CCC(C1)C2C(=O)NCc1cccc(-c2ncn[nH]2)c1. The molecule has 1 aromatic carbocycles. The second-order valence-electron chi connectivity index (χ2n) is 7.73. The molecular weight excluding hydrogens is 340 g/mol. The second kappa shape index (κ2) is 6.04. The first-order chi connectivity index (χ1) is 13.2. The third-order valence-corrected chi connectivity index (χ3v) is 6.35. The second-order valence-corrected chi connectivity index (χ2v) is 7.73. The van der Waals surface area contributed by atoms with E-state index in [1.165, 1.54) is 12.0 Å². The number of aromatic nitrogens is 5. The lowest BCUT2D eigenvalue weighted by Crippen LogP contribution is -2.53. The molecule has 2 N–H and O–H groups in total. The Morgan fingerprint density at radius 2 is 2.33 bits per heavy atom. The molecule has 3 aromatic rings. The lowest BCUT2D eigenvalue weighted by Gasteiger charge is -2.46. The summed E-state index contributed by atoms with van der Waals surface area (Å²) in [5.41, 5.74) is 3.19. The molecule has 2 bridgehead atoms. The summed E-state index contributed by atoms with van der Waals surface area (Å²) in [6.07, 6.45) is 6.64. The van der Waals surface area contributed by atoms with Crippen LogP contribution in [0.5, 0.6) is 0 Å². The predicted molar refractivity (Wildman–Crippen MR) is 99.4 cm³/mol. The fourth-order valence-electron chi connectivity index (χ4n) is 5.16. The van der Waals surface area contributed by atoms with E-state index in [2.05, 4.69) is 31.7 Å². The topological polar surface area (TPSA) is 88.5 Å². The minimum atomic E-state index is -0.0261. The van der Waals surface area contributed by atoms with Crippen LogP contribution in [0.25, 0.3) is 11.4 Å². The Kier molecular flexibility index (Phi) is 3.63. The lowest BCUT2D eigenvalue weighted by molar-refractivity contribution is -0.133. The molecule has 0 radical (unpaired) electrons. The maximum absolute atomic E-state index is 13.0. The van der Waals surface area contributed by atoms with Gasteiger partial charge in [-0.2, -0.15) is 10.2 Å². The highest BCUT2D eigenvalue weighted by Gasteiger charge is 2.63. The van der Waals surface area contributed by atoms with Gasteiger partial charge in [-0.15, -0.1) is 0 Å². The summed E-state index contributed by atoms with van der Waals surface area (Å²) < 4.78 is 1.93. The number of hydrogen-bond acceptors (Lipinski definition) is 4. The molecule has 2 heterocycles. The Bertz CT molecular complexity index is 974. The molecule has 3 atom stereocenters. The first-order valence-electron chi connectivity index (χ1n) is 9.38. The number of carbonyl (C=O) groups excluding carboxylic acids is 1. The van der Waals surface area contributed by atoms with E-state index in [1.54, 1.807) is 0 Å². The molecule has 7 heteroatoms. The summed E-state index contributed by atoms with van der Waals surface area (Å²) >= 11 is 0. The van der Waals surface area contributed by atoms with Crippen LogP contribution >= 0.6 is 0 Å². The van der Waals surface area contributed by atoms with Crippen LogP contribution in [0, 0.1) is 11.8 Å². The molecule has 0 aliphatic heterocycles. The van der Waals surface area contributed by atoms with Crippen molar-refractivity contribution in [2.24, 2.45) is 18.9 Å². The molecule has 3 unspecified atom stereocenters. The van der Waals surface area contributed by atoms with Crippen LogP contribution in [-0.4, -0.2) is 30.9 Å². The quantitative estimate of drug-likeness (QED) is 0.728. The number of rotatable bonds is 5. The maximum atomic E-state index is 13.0. The molecule has 0 saturated heterocycles. The highest BCUT2D eigenvalue weighted by atomic mass is 16.2. The van der Waals surface area contributed by atoms with Crippen molar-refractivity contribution in [1.29, 1.82) is 0 Å². The largest absolute Gasteiger partial charge is 0.352 e. The molecular formula is C20H22N6O. The molecule has 2 aromatic heterocycles. The monoisotopic (exact) mass is 362 g/mol. The van der Waals surface area contributed by atoms with E-state index in [4.69, 9.17) is 0 Å². The number of benzene rings is 1. The standard InChI is InChI=1S/C20H22N6O/c1-26-16(6-8-24-26)20-7-5-15(10-20)17(20)19(27)21-11-13-3-2-4-14(9-13)18-22-12-23-25-18/h2-4,6,8-9,12,15,17H,5,7,10-11H2,1H3,(H,21,27)(H,22,23,25). The average Bonchev–Trinajstić information content (AvgIpc) is 3.43. The number of amides is 1. The number of H-pyrrole nitrogens is 1. The van der Waals surface area contributed by atoms with Gasteiger partial charge in [0.2, 0.25) is 5.91 Å². The normalized spacial score (nSPS) is 26.0. The Morgan fingerprint density at radius 1 is 1.41 bits per heavy atom. The van der Waals surface area contributed by atoms with Crippen molar-refractivity contribution in [2.75, 3.05) is 0 Å². The summed E-state index contributed by atoms with van der Waals surface area (Å²) in [5.74, 6) is 1.45. The summed E-state index contributed by atoms with van der Waals surface area (Å²) in [5, 5.41) is 14.3. The van der Waals surface area contributed by atoms with Crippen LogP contribution in [0.1, 0.15) is 30.5 Å². The van der Waals surface area contributed by atoms with Gasteiger partial charge in [-0.3, -0.25) is 14.6 Å². The van der Waals surface area contributed by atoms with Crippen molar-refractivity contribution in [3.63, 3.8) is 0 Å². The van der Waals surface area contributed by atoms with Crippen LogP contribution in [0.15, 0.2) is 42.9 Å². The van der Waals surface area contributed by atoms with Gasteiger partial charge < -0.3 is 5.32 Å². The predicted octanol–water partition coefficient (Wildman–Crippen LogP) is 2.19. The van der Waals surface area contributed by atoms with E-state index < -0.39 is 0 Å². The van der Waals surface area contributed by atoms with Crippen molar-refractivity contribution >= 4 is 5.91 Å². The van der Waals surface area contributed by atoms with Gasteiger partial charge in [0.15, 0.2) is 5.82 Å². The highest BCUT2D eigenvalue weighted by Crippen LogP contribution is 2.63. The van der Waals surface area contributed by atoms with Crippen molar-refractivity contribution in [3.8, 4) is 11.4 Å².